The maximum Gasteiger partial charge on any atom is 0.286 e. The van der Waals surface area contributed by atoms with Crippen molar-refractivity contribution in [2.24, 2.45) is 10.3 Å². The number of methoxy groups -OCH3 is 2. The number of likely N-dealkylation sites (tertiary alicyclic amines) is 1. The maximum absolute atomic E-state index is 13.0. The molecule has 0 aliphatic carbocycles. The Labute approximate surface area is 181 Å². The topological polar surface area (TPSA) is 97.3 Å². The van der Waals surface area contributed by atoms with Gasteiger partial charge in [0.25, 0.3) is 10.0 Å². The number of hydrogen-bond donors (Lipinski definition) is 1. The first-order chi connectivity index (χ1) is 14.9. The molecular weight excluding hydrogens is 418 g/mol. The van der Waals surface area contributed by atoms with Gasteiger partial charge in [-0.15, -0.1) is 4.40 Å². The summed E-state index contributed by atoms with van der Waals surface area (Å²) in [6, 6.07) is 12.1. The van der Waals surface area contributed by atoms with E-state index in [9.17, 15) is 13.2 Å². The smallest absolute Gasteiger partial charge is 0.286 e. The molecule has 8 nitrogen and oxygen atoms in total. The predicted molar refractivity (Wildman–Crippen MR) is 117 cm³/mol. The minimum Gasteiger partial charge on any atom is -0.493 e. The zero-order valence-corrected chi connectivity index (χ0v) is 18.3. The van der Waals surface area contributed by atoms with Crippen molar-refractivity contribution >= 4 is 27.5 Å². The molecule has 9 heteroatoms. The summed E-state index contributed by atoms with van der Waals surface area (Å²) in [5.74, 6) is 1.42. The molecule has 2 aliphatic heterocycles. The second-order valence-corrected chi connectivity index (χ2v) is 9.19. The molecule has 1 atom stereocenters. The fourth-order valence-electron chi connectivity index (χ4n) is 4.01. The highest BCUT2D eigenvalue weighted by molar-refractivity contribution is 7.90. The number of rotatable bonds is 5. The molecule has 2 aromatic carbocycles. The van der Waals surface area contributed by atoms with Gasteiger partial charge in [0.05, 0.1) is 26.3 Å². The van der Waals surface area contributed by atoms with Gasteiger partial charge in [-0.3, -0.25) is 4.79 Å². The minimum atomic E-state index is -3.74. The van der Waals surface area contributed by atoms with Gasteiger partial charge in [0.15, 0.2) is 11.5 Å². The van der Waals surface area contributed by atoms with Crippen LogP contribution in [0.1, 0.15) is 18.4 Å². The van der Waals surface area contributed by atoms with Crippen LogP contribution in [0.4, 0.5) is 5.69 Å². The van der Waals surface area contributed by atoms with Crippen LogP contribution in [0.15, 0.2) is 51.8 Å². The van der Waals surface area contributed by atoms with E-state index in [4.69, 9.17) is 9.47 Å². The van der Waals surface area contributed by atoms with E-state index in [1.165, 1.54) is 6.07 Å². The molecule has 4 rings (SSSR count). The number of fused-ring (bicyclic) bond motifs is 1. The second-order valence-electron chi connectivity index (χ2n) is 7.62. The van der Waals surface area contributed by atoms with Gasteiger partial charge in [0.2, 0.25) is 5.91 Å². The Hall–Kier alpha value is -3.07. The monoisotopic (exact) mass is 443 g/mol. The number of ether oxygens (including phenoxy) is 2. The Balaban J connectivity index is 1.48. The van der Waals surface area contributed by atoms with Crippen molar-refractivity contribution in [1.82, 2.24) is 4.90 Å². The molecule has 0 spiro atoms. The van der Waals surface area contributed by atoms with Crippen LogP contribution in [0.3, 0.4) is 0 Å². The molecule has 0 bridgehead atoms. The third-order valence-electron chi connectivity index (χ3n) is 5.61. The van der Waals surface area contributed by atoms with E-state index < -0.39 is 10.0 Å². The largest absolute Gasteiger partial charge is 0.493 e. The lowest BCUT2D eigenvalue weighted by Gasteiger charge is -2.34. The molecule has 0 aromatic heterocycles. The van der Waals surface area contributed by atoms with Crippen molar-refractivity contribution in [2.75, 3.05) is 32.6 Å². The highest BCUT2D eigenvalue weighted by Gasteiger charge is 2.32. The van der Waals surface area contributed by atoms with E-state index in [2.05, 4.69) is 9.71 Å². The van der Waals surface area contributed by atoms with Crippen molar-refractivity contribution in [2.45, 2.75) is 24.2 Å². The normalized spacial score (nSPS) is 19.6. The number of amides is 1. The zero-order valence-electron chi connectivity index (χ0n) is 17.5. The lowest BCUT2D eigenvalue weighted by atomic mass is 9.96. The van der Waals surface area contributed by atoms with Gasteiger partial charge in [0.1, 0.15) is 10.7 Å². The van der Waals surface area contributed by atoms with Crippen LogP contribution in [0, 0.1) is 5.92 Å². The zero-order chi connectivity index (χ0) is 22.0. The molecule has 2 aliphatic rings. The average Bonchev–Trinajstić information content (AvgIpc) is 2.78. The number of nitrogens with one attached hydrogen (secondary N) is 1. The summed E-state index contributed by atoms with van der Waals surface area (Å²) in [6.45, 7) is 1.06. The van der Waals surface area contributed by atoms with Crippen molar-refractivity contribution in [3.8, 4) is 11.5 Å². The Morgan fingerprint density at radius 3 is 2.71 bits per heavy atom. The first-order valence-electron chi connectivity index (χ1n) is 10.1. The van der Waals surface area contributed by atoms with E-state index in [0.717, 1.165) is 18.4 Å². The number of amidine groups is 1. The average molecular weight is 444 g/mol. The molecule has 164 valence electrons. The lowest BCUT2D eigenvalue weighted by molar-refractivity contribution is -0.131. The Bertz CT molecular complexity index is 1130. The van der Waals surface area contributed by atoms with Gasteiger partial charge in [-0.2, -0.15) is 8.42 Å². The molecule has 0 radical (unpaired) electrons. The fraction of sp³-hybridized carbons (Fsp3) is 0.364. The third kappa shape index (κ3) is 4.36. The van der Waals surface area contributed by atoms with Crippen LogP contribution in [0.5, 0.6) is 11.5 Å². The van der Waals surface area contributed by atoms with Gasteiger partial charge >= 0.3 is 0 Å². The number of para-hydroxylation sites is 1. The number of piperidine rings is 1. The van der Waals surface area contributed by atoms with Crippen LogP contribution >= 0.6 is 0 Å². The summed E-state index contributed by atoms with van der Waals surface area (Å²) in [4.78, 5) is 14.9. The van der Waals surface area contributed by atoms with Crippen molar-refractivity contribution < 1.29 is 22.7 Å². The highest BCUT2D eigenvalue weighted by Crippen LogP contribution is 2.31. The minimum absolute atomic E-state index is 0.0170. The second kappa shape index (κ2) is 8.58. The molecule has 2 heterocycles. The maximum atomic E-state index is 13.0. The predicted octanol–water partition coefficient (Wildman–Crippen LogP) is 2.70. The van der Waals surface area contributed by atoms with Gasteiger partial charge in [-0.25, -0.2) is 0 Å². The molecule has 1 saturated heterocycles. The molecular formula is C22H25N3O5S. The number of carbonyl (C=O) groups is 1. The summed E-state index contributed by atoms with van der Waals surface area (Å²) in [5, 5.41) is 3.16. The summed E-state index contributed by atoms with van der Waals surface area (Å²) in [7, 11) is -0.620. The molecule has 31 heavy (non-hydrogen) atoms. The number of sulfonamides is 1. The number of anilines is 1. The SMILES string of the molecule is COc1ccc(CC(=O)N2CCC[C@H](C3=NS(=O)(=O)c4ccccc4N3)C2)cc1OC. The summed E-state index contributed by atoms with van der Waals surface area (Å²) in [5.41, 5.74) is 1.36. The molecule has 0 saturated carbocycles. The van der Waals surface area contributed by atoms with Crippen LogP contribution in [-0.4, -0.2) is 52.4 Å². The first kappa shape index (κ1) is 21.2. The summed E-state index contributed by atoms with van der Waals surface area (Å²) in [6.07, 6.45) is 1.78. The van der Waals surface area contributed by atoms with E-state index in [1.54, 1.807) is 49.5 Å². The highest BCUT2D eigenvalue weighted by atomic mass is 32.2. The van der Waals surface area contributed by atoms with E-state index >= 15 is 0 Å². The van der Waals surface area contributed by atoms with Crippen LogP contribution in [-0.2, 0) is 21.2 Å². The quantitative estimate of drug-likeness (QED) is 0.763. The summed E-state index contributed by atoms with van der Waals surface area (Å²) < 4.78 is 39.7. The standard InChI is InChI=1S/C22H25N3O5S/c1-29-18-10-9-15(12-19(18)30-2)13-21(26)25-11-5-6-16(14-25)22-23-17-7-3-4-8-20(17)31(27,28)24-22/h3-4,7-10,12,16H,5-6,11,13-14H2,1-2H3,(H,23,24)/t16-/m0/s1. The number of nitrogens with zero attached hydrogens (tertiary/aromatic N) is 2. The summed E-state index contributed by atoms with van der Waals surface area (Å²) >= 11 is 0. The van der Waals surface area contributed by atoms with E-state index in [1.807, 2.05) is 6.07 Å². The van der Waals surface area contributed by atoms with Crippen LogP contribution in [0.2, 0.25) is 0 Å². The van der Waals surface area contributed by atoms with Crippen molar-refractivity contribution in [1.29, 1.82) is 0 Å². The molecule has 1 fully saturated rings. The fourth-order valence-corrected chi connectivity index (χ4v) is 5.21. The van der Waals surface area contributed by atoms with Crippen molar-refractivity contribution in [3.63, 3.8) is 0 Å². The van der Waals surface area contributed by atoms with Crippen LogP contribution in [0.25, 0.3) is 0 Å². The Morgan fingerprint density at radius 1 is 1.16 bits per heavy atom. The molecule has 1 N–H and O–H groups in total. The van der Waals surface area contributed by atoms with E-state index in [0.29, 0.717) is 36.1 Å². The molecule has 0 unspecified atom stereocenters. The van der Waals surface area contributed by atoms with Gasteiger partial charge in [-0.1, -0.05) is 18.2 Å². The molecule has 2 aromatic rings. The van der Waals surface area contributed by atoms with Gasteiger partial charge in [-0.05, 0) is 42.7 Å². The lowest BCUT2D eigenvalue weighted by Crippen LogP contribution is -2.45. The Kier molecular flexibility index (Phi) is 5.86. The van der Waals surface area contributed by atoms with Gasteiger partial charge < -0.3 is 19.7 Å². The third-order valence-corrected chi connectivity index (χ3v) is 6.96. The van der Waals surface area contributed by atoms with Crippen LogP contribution < -0.4 is 14.8 Å². The Morgan fingerprint density at radius 2 is 1.94 bits per heavy atom. The first-order valence-corrected chi connectivity index (χ1v) is 11.5. The number of benzene rings is 2. The number of hydrogen-bond acceptors (Lipinski definition) is 6. The van der Waals surface area contributed by atoms with E-state index in [-0.39, 0.29) is 23.1 Å². The number of carbonyl (C=O) groups excluding carboxylic acids is 1. The van der Waals surface area contributed by atoms with Gasteiger partial charge in [0, 0.05) is 19.0 Å². The van der Waals surface area contributed by atoms with Crippen molar-refractivity contribution in [3.05, 3.63) is 48.0 Å². The molecule has 1 amide bonds.